The van der Waals surface area contributed by atoms with Crippen LogP contribution in [0.1, 0.15) is 35.3 Å². The minimum absolute atomic E-state index is 0.0517. The summed E-state index contributed by atoms with van der Waals surface area (Å²) in [5.74, 6) is -0.339. The number of carbonyl (C=O) groups is 2. The van der Waals surface area contributed by atoms with Gasteiger partial charge in [0.2, 0.25) is 5.91 Å². The van der Waals surface area contributed by atoms with Crippen molar-refractivity contribution in [2.24, 2.45) is 5.92 Å². The number of aromatic nitrogens is 1. The van der Waals surface area contributed by atoms with Crippen molar-refractivity contribution in [1.29, 1.82) is 0 Å². The molecule has 2 fully saturated rings. The summed E-state index contributed by atoms with van der Waals surface area (Å²) in [5.41, 5.74) is 2.85. The predicted octanol–water partition coefficient (Wildman–Crippen LogP) is 3.63. The lowest BCUT2D eigenvalue weighted by atomic mass is 9.85. The molecule has 0 bridgehead atoms. The summed E-state index contributed by atoms with van der Waals surface area (Å²) in [4.78, 5) is 27.9. The molecule has 0 spiro atoms. The molecule has 2 aromatic carbocycles. The molecule has 1 aliphatic heterocycles. The molecule has 0 radical (unpaired) electrons. The Morgan fingerprint density at radius 2 is 1.89 bits per heavy atom. The fourth-order valence-electron chi connectivity index (χ4n) is 4.68. The van der Waals surface area contributed by atoms with Crippen LogP contribution >= 0.6 is 0 Å². The number of hydrogen-bond donors (Lipinski definition) is 2. The van der Waals surface area contributed by atoms with Gasteiger partial charge in [0.05, 0.1) is 13.2 Å². The molecule has 1 saturated carbocycles. The number of anilines is 1. The van der Waals surface area contributed by atoms with Crippen LogP contribution in [0.25, 0.3) is 10.9 Å². The Hall–Kier alpha value is -3.23. The normalized spacial score (nSPS) is 16.7. The fraction of sp³-hybridized carbons (Fsp3) is 0.407. The maximum atomic E-state index is 13.8. The summed E-state index contributed by atoms with van der Waals surface area (Å²) in [6.07, 6.45) is 2.98. The summed E-state index contributed by atoms with van der Waals surface area (Å²) >= 11 is 0. The van der Waals surface area contributed by atoms with Crippen molar-refractivity contribution in [2.45, 2.75) is 25.8 Å². The van der Waals surface area contributed by atoms with E-state index in [1.54, 1.807) is 6.07 Å². The van der Waals surface area contributed by atoms with E-state index in [0.717, 1.165) is 74.3 Å². The molecule has 7 nitrogen and oxygen atoms in total. The van der Waals surface area contributed by atoms with Crippen LogP contribution in [0, 0.1) is 11.7 Å². The van der Waals surface area contributed by atoms with Crippen LogP contribution in [0.5, 0.6) is 0 Å². The van der Waals surface area contributed by atoms with Gasteiger partial charge in [-0.25, -0.2) is 4.39 Å². The molecule has 2 N–H and O–H groups in total. The van der Waals surface area contributed by atoms with Crippen molar-refractivity contribution in [1.82, 2.24) is 14.8 Å². The van der Waals surface area contributed by atoms with Gasteiger partial charge in [-0.1, -0.05) is 18.6 Å². The maximum Gasteiger partial charge on any atom is 0.267 e. The van der Waals surface area contributed by atoms with E-state index in [1.165, 1.54) is 12.1 Å². The molecule has 1 saturated heterocycles. The molecular weight excluding hydrogens is 447 g/mol. The van der Waals surface area contributed by atoms with E-state index in [1.807, 2.05) is 34.9 Å². The van der Waals surface area contributed by atoms with Crippen LogP contribution in [-0.4, -0.2) is 60.7 Å². The van der Waals surface area contributed by atoms with Crippen molar-refractivity contribution in [3.05, 3.63) is 65.6 Å². The zero-order chi connectivity index (χ0) is 24.2. The molecule has 2 aliphatic rings. The van der Waals surface area contributed by atoms with Gasteiger partial charge in [0.15, 0.2) is 0 Å². The van der Waals surface area contributed by atoms with Gasteiger partial charge in [-0.2, -0.15) is 0 Å². The first-order valence-corrected chi connectivity index (χ1v) is 12.3. The maximum absolute atomic E-state index is 13.8. The van der Waals surface area contributed by atoms with E-state index >= 15 is 0 Å². The Bertz CT molecular complexity index is 1210. The van der Waals surface area contributed by atoms with Gasteiger partial charge < -0.3 is 19.9 Å². The Morgan fingerprint density at radius 3 is 2.63 bits per heavy atom. The molecule has 5 rings (SSSR count). The van der Waals surface area contributed by atoms with Gasteiger partial charge in [-0.3, -0.25) is 14.5 Å². The molecule has 1 aromatic heterocycles. The number of hydrogen-bond acceptors (Lipinski definition) is 4. The number of ether oxygens (including phenoxy) is 1. The standard InChI is InChI=1S/C27H31FN4O3/c28-22-6-1-3-19(15-22)18-32-24-8-7-23(30-26(33)20-4-2-5-20)16-21(24)17-25(32)27(34)29-9-10-31-11-13-35-14-12-31/h1,3,6-8,15-17,20H,2,4-5,9-14,18H2,(H,29,34)(H,30,33). The highest BCUT2D eigenvalue weighted by Crippen LogP contribution is 2.29. The molecule has 0 unspecified atom stereocenters. The van der Waals surface area contributed by atoms with Crippen LogP contribution in [0.2, 0.25) is 0 Å². The number of carbonyl (C=O) groups excluding carboxylic acids is 2. The second-order valence-corrected chi connectivity index (χ2v) is 9.35. The largest absolute Gasteiger partial charge is 0.379 e. The molecule has 184 valence electrons. The molecule has 0 atom stereocenters. The topological polar surface area (TPSA) is 75.6 Å². The lowest BCUT2D eigenvalue weighted by molar-refractivity contribution is -0.122. The van der Waals surface area contributed by atoms with Crippen LogP contribution in [0.3, 0.4) is 0 Å². The van der Waals surface area contributed by atoms with Gasteiger partial charge in [0.25, 0.3) is 5.91 Å². The second kappa shape index (κ2) is 10.6. The summed E-state index contributed by atoms with van der Waals surface area (Å²) in [6, 6.07) is 13.9. The first-order valence-electron chi connectivity index (χ1n) is 12.3. The quantitative estimate of drug-likeness (QED) is 0.519. The third-order valence-corrected chi connectivity index (χ3v) is 6.92. The van der Waals surface area contributed by atoms with Gasteiger partial charge >= 0.3 is 0 Å². The van der Waals surface area contributed by atoms with Crippen LogP contribution < -0.4 is 10.6 Å². The summed E-state index contributed by atoms with van der Waals surface area (Å²) in [7, 11) is 0. The van der Waals surface area contributed by atoms with E-state index in [4.69, 9.17) is 4.74 Å². The minimum Gasteiger partial charge on any atom is -0.379 e. The number of fused-ring (bicyclic) bond motifs is 1. The third kappa shape index (κ3) is 5.55. The first kappa shape index (κ1) is 23.5. The zero-order valence-electron chi connectivity index (χ0n) is 19.8. The van der Waals surface area contributed by atoms with Gasteiger partial charge in [-0.05, 0) is 54.8 Å². The number of rotatable bonds is 8. The van der Waals surface area contributed by atoms with Gasteiger partial charge in [0.1, 0.15) is 11.5 Å². The Labute approximate surface area is 204 Å². The smallest absolute Gasteiger partial charge is 0.267 e. The Kier molecular flexibility index (Phi) is 7.11. The second-order valence-electron chi connectivity index (χ2n) is 9.35. The highest BCUT2D eigenvalue weighted by atomic mass is 19.1. The van der Waals surface area contributed by atoms with Gasteiger partial charge in [0, 0.05) is 55.2 Å². The van der Waals surface area contributed by atoms with E-state index < -0.39 is 0 Å². The van der Waals surface area contributed by atoms with Crippen molar-refractivity contribution in [3.8, 4) is 0 Å². The Balaban J connectivity index is 1.38. The first-order chi connectivity index (χ1) is 17.1. The number of nitrogens with zero attached hydrogens (tertiary/aromatic N) is 2. The summed E-state index contributed by atoms with van der Waals surface area (Å²) in [6.45, 7) is 4.82. The minimum atomic E-state index is -0.309. The van der Waals surface area contributed by atoms with E-state index in [9.17, 15) is 14.0 Å². The molecule has 2 amide bonds. The Morgan fingerprint density at radius 1 is 1.06 bits per heavy atom. The number of amides is 2. The van der Waals surface area contributed by atoms with Crippen molar-refractivity contribution < 1.29 is 18.7 Å². The predicted molar refractivity (Wildman–Crippen MR) is 133 cm³/mol. The van der Waals surface area contributed by atoms with Crippen LogP contribution in [0.15, 0.2) is 48.5 Å². The van der Waals surface area contributed by atoms with Gasteiger partial charge in [-0.15, -0.1) is 0 Å². The SMILES string of the molecule is O=C(NCCN1CCOCC1)c1cc2cc(NC(=O)C3CCC3)ccc2n1Cc1cccc(F)c1. The zero-order valence-corrected chi connectivity index (χ0v) is 19.8. The van der Waals surface area contributed by atoms with Crippen LogP contribution in [-0.2, 0) is 16.1 Å². The number of nitrogens with one attached hydrogen (secondary N) is 2. The molecule has 3 aromatic rings. The third-order valence-electron chi connectivity index (χ3n) is 6.92. The average Bonchev–Trinajstić information content (AvgIpc) is 3.16. The monoisotopic (exact) mass is 478 g/mol. The fourth-order valence-corrected chi connectivity index (χ4v) is 4.68. The van der Waals surface area contributed by atoms with E-state index in [-0.39, 0.29) is 23.5 Å². The number of morpholine rings is 1. The highest BCUT2D eigenvalue weighted by Gasteiger charge is 2.25. The van der Waals surface area contributed by atoms with Crippen molar-refractivity contribution in [3.63, 3.8) is 0 Å². The lowest BCUT2D eigenvalue weighted by Crippen LogP contribution is -2.41. The summed E-state index contributed by atoms with van der Waals surface area (Å²) in [5, 5.41) is 6.90. The van der Waals surface area contributed by atoms with Crippen molar-refractivity contribution >= 4 is 28.4 Å². The number of benzene rings is 2. The number of halogens is 1. The van der Waals surface area contributed by atoms with E-state index in [0.29, 0.717) is 18.8 Å². The highest BCUT2D eigenvalue weighted by molar-refractivity contribution is 6.01. The lowest BCUT2D eigenvalue weighted by Gasteiger charge is -2.26. The molecule has 35 heavy (non-hydrogen) atoms. The van der Waals surface area contributed by atoms with Crippen molar-refractivity contribution in [2.75, 3.05) is 44.7 Å². The van der Waals surface area contributed by atoms with Crippen LogP contribution in [0.4, 0.5) is 10.1 Å². The summed E-state index contributed by atoms with van der Waals surface area (Å²) < 4.78 is 21.1. The molecular formula is C27H31FN4O3. The molecule has 1 aliphatic carbocycles. The average molecular weight is 479 g/mol. The molecule has 2 heterocycles. The van der Waals surface area contributed by atoms with E-state index in [2.05, 4.69) is 15.5 Å². The molecule has 8 heteroatoms.